The topological polar surface area (TPSA) is 0 Å². The van der Waals surface area contributed by atoms with Gasteiger partial charge in [-0.05, 0) is 0 Å². The number of hydrogen-bond donors (Lipinski definition) is 0. The van der Waals surface area contributed by atoms with Crippen LogP contribution in [-0.2, 0) is 0 Å². The molecule has 0 aromatic rings. The van der Waals surface area contributed by atoms with Crippen LogP contribution in [0.5, 0.6) is 0 Å². The monoisotopic (exact) mass is 244 g/mol. The summed E-state index contributed by atoms with van der Waals surface area (Å²) in [5, 5.41) is 0. The van der Waals surface area contributed by atoms with E-state index in [1.807, 2.05) is 0 Å². The Hall–Kier alpha value is 0.736. The van der Waals surface area contributed by atoms with Crippen molar-refractivity contribution in [2.45, 2.75) is 0 Å². The zero-order valence-electron chi connectivity index (χ0n) is 2.97. The van der Waals surface area contributed by atoms with Crippen LogP contribution in [0.3, 0.4) is 0 Å². The van der Waals surface area contributed by atoms with E-state index in [2.05, 4.69) is 0 Å². The molecule has 0 aliphatic carbocycles. The summed E-state index contributed by atoms with van der Waals surface area (Å²) in [5.74, 6) is 0. The number of halogens is 5. The first-order valence-electron chi connectivity index (χ1n) is 1.00. The van der Waals surface area contributed by atoms with Gasteiger partial charge in [-0.15, -0.1) is 0 Å². The zero-order chi connectivity index (χ0) is 6.28. The molecule has 0 bridgehead atoms. The molecule has 0 spiro atoms. The Kier molecular flexibility index (Phi) is 15.1. The molecule has 0 aromatic carbocycles. The molecule has 0 aliphatic heterocycles. The first-order valence-corrected chi connectivity index (χ1v) is 5.21. The summed E-state index contributed by atoms with van der Waals surface area (Å²) in [6, 6.07) is 0. The second-order valence-corrected chi connectivity index (χ2v) is 1.54. The van der Waals surface area contributed by atoms with Crippen molar-refractivity contribution in [1.29, 1.82) is 0 Å². The Morgan fingerprint density at radius 3 is 1.00 bits per heavy atom. The molecule has 0 atom stereocenters. The van der Waals surface area contributed by atoms with Gasteiger partial charge in [-0.3, -0.25) is 0 Å². The molecule has 0 saturated carbocycles. The Morgan fingerprint density at radius 1 is 1.00 bits per heavy atom. The normalized spacial score (nSPS) is 7.71. The Bertz CT molecular complexity index is 17.3. The van der Waals surface area contributed by atoms with Gasteiger partial charge in [0.25, 0.3) is 0 Å². The van der Waals surface area contributed by atoms with Gasteiger partial charge in [0.05, 0.1) is 0 Å². The molecule has 0 N–H and O–H groups in total. The minimum atomic E-state index is -4.83. The standard InChI is InChI=1S/F3Ge.F2GeH/c1-4(2)3;1-3-2/h;3H. The molecule has 7 heavy (non-hydrogen) atoms. The first-order chi connectivity index (χ1) is 3.15. The van der Waals surface area contributed by atoms with Gasteiger partial charge in [0.1, 0.15) is 0 Å². The van der Waals surface area contributed by atoms with Crippen molar-refractivity contribution in [1.82, 2.24) is 0 Å². The molecule has 0 heterocycles. The Labute approximate surface area is 50.1 Å². The molecule has 0 amide bonds. The maximum absolute atomic E-state index is 9.83. The number of rotatable bonds is 0. The molecule has 0 rings (SSSR count). The third-order valence-electron chi connectivity index (χ3n) is 0. The molecule has 0 nitrogen and oxygen atoms in total. The summed E-state index contributed by atoms with van der Waals surface area (Å²) < 4.78 is 49.1. The fraction of sp³-hybridized carbons (Fsp3) is 0. The van der Waals surface area contributed by atoms with Crippen molar-refractivity contribution < 1.29 is 17.5 Å². The fourth-order valence-corrected chi connectivity index (χ4v) is 0. The van der Waals surface area contributed by atoms with E-state index >= 15 is 0 Å². The summed E-state index contributed by atoms with van der Waals surface area (Å²) in [6.07, 6.45) is 0. The van der Waals surface area contributed by atoms with Crippen LogP contribution in [0.15, 0.2) is 0 Å². The van der Waals surface area contributed by atoms with Crippen LogP contribution < -0.4 is 0 Å². The minimum absolute atomic E-state index is 2.69. The molecule has 0 aromatic heterocycles. The molecule has 7 heteroatoms. The van der Waals surface area contributed by atoms with Crippen LogP contribution in [0.2, 0.25) is 0 Å². The van der Waals surface area contributed by atoms with Crippen LogP contribution in [0.4, 0.5) is 17.5 Å². The second kappa shape index (κ2) is 9.88. The van der Waals surface area contributed by atoms with Gasteiger partial charge in [-0.1, -0.05) is 0 Å². The third kappa shape index (κ3) is 279. The molecule has 0 saturated heterocycles. The molecule has 2 radical (unpaired) electrons. The van der Waals surface area contributed by atoms with Crippen molar-refractivity contribution in [2.75, 3.05) is 0 Å². The van der Waals surface area contributed by atoms with Gasteiger partial charge in [0.15, 0.2) is 0 Å². The quantitative estimate of drug-likeness (QED) is 0.439. The van der Waals surface area contributed by atoms with Crippen LogP contribution >= 0.6 is 0 Å². The van der Waals surface area contributed by atoms with Gasteiger partial charge >= 0.3 is 49.6 Å². The summed E-state index contributed by atoms with van der Waals surface area (Å²) in [4.78, 5) is 0. The summed E-state index contributed by atoms with van der Waals surface area (Å²) in [7, 11) is 0. The molecule has 44 valence electrons. The van der Waals surface area contributed by atoms with Gasteiger partial charge in [-0.2, -0.15) is 0 Å². The van der Waals surface area contributed by atoms with Crippen molar-refractivity contribution in [3.63, 3.8) is 0 Å². The number of hydrogen-bond acceptors (Lipinski definition) is 0. The first kappa shape index (κ1) is 10.7. The zero-order valence-corrected chi connectivity index (χ0v) is 7.49. The molecule has 0 aliphatic rings. The average molecular weight is 241 g/mol. The van der Waals surface area contributed by atoms with Crippen molar-refractivity contribution in [2.24, 2.45) is 0 Å². The van der Waals surface area contributed by atoms with Crippen molar-refractivity contribution in [3.05, 3.63) is 0 Å². The van der Waals surface area contributed by atoms with Crippen molar-refractivity contribution >= 4 is 32.1 Å². The predicted molar refractivity (Wildman–Crippen MR) is 18.4 cm³/mol. The van der Waals surface area contributed by atoms with E-state index < -0.39 is 32.1 Å². The Morgan fingerprint density at radius 2 is 1.00 bits per heavy atom. The van der Waals surface area contributed by atoms with Gasteiger partial charge in [0.2, 0.25) is 0 Å². The molecule has 0 unspecified atom stereocenters. The predicted octanol–water partition coefficient (Wildman–Crippen LogP) is 1.07. The van der Waals surface area contributed by atoms with Crippen LogP contribution in [0.1, 0.15) is 0 Å². The third-order valence-corrected chi connectivity index (χ3v) is 0. The Balaban J connectivity index is 0. The SMILES string of the molecule is [F][GeH][F].[F][Ge]([F])[F]. The van der Waals surface area contributed by atoms with Crippen LogP contribution in [0.25, 0.3) is 0 Å². The van der Waals surface area contributed by atoms with Crippen LogP contribution in [0, 0.1) is 0 Å². The van der Waals surface area contributed by atoms with E-state index in [1.165, 1.54) is 0 Å². The van der Waals surface area contributed by atoms with E-state index in [4.69, 9.17) is 0 Å². The van der Waals surface area contributed by atoms with E-state index in [1.54, 1.807) is 0 Å². The summed E-state index contributed by atoms with van der Waals surface area (Å²) in [6.45, 7) is 0. The van der Waals surface area contributed by atoms with Gasteiger partial charge in [-0.25, -0.2) is 0 Å². The van der Waals surface area contributed by atoms with Gasteiger partial charge < -0.3 is 0 Å². The average Bonchev–Trinajstić information content (AvgIpc) is 1.33. The summed E-state index contributed by atoms with van der Waals surface area (Å²) >= 11 is -7.52. The van der Waals surface area contributed by atoms with Crippen molar-refractivity contribution in [3.8, 4) is 0 Å². The van der Waals surface area contributed by atoms with E-state index in [-0.39, 0.29) is 0 Å². The van der Waals surface area contributed by atoms with E-state index in [0.29, 0.717) is 0 Å². The fourth-order valence-electron chi connectivity index (χ4n) is 0. The molecule has 0 fully saturated rings. The summed E-state index contributed by atoms with van der Waals surface area (Å²) in [5.41, 5.74) is 0. The second-order valence-electron chi connectivity index (χ2n) is 0.297. The van der Waals surface area contributed by atoms with Crippen LogP contribution in [-0.4, -0.2) is 32.1 Å². The van der Waals surface area contributed by atoms with E-state index in [9.17, 15) is 17.5 Å². The molecular weight excluding hydrogens is 240 g/mol. The van der Waals surface area contributed by atoms with E-state index in [0.717, 1.165) is 0 Å². The maximum atomic E-state index is 9.83. The van der Waals surface area contributed by atoms with Gasteiger partial charge in [0, 0.05) is 0 Å². The molecular formula is HF5Ge2.